The Morgan fingerprint density at radius 3 is 3.00 bits per heavy atom. The number of nitrogens with zero attached hydrogens (tertiary/aromatic N) is 1. The number of aromatic amines is 1. The maximum Gasteiger partial charge on any atom is 0.142 e. The zero-order valence-corrected chi connectivity index (χ0v) is 11.5. The molecule has 1 unspecified atom stereocenters. The van der Waals surface area contributed by atoms with Crippen LogP contribution in [0.1, 0.15) is 30.8 Å². The summed E-state index contributed by atoms with van der Waals surface area (Å²) < 4.78 is 13.4. The summed E-state index contributed by atoms with van der Waals surface area (Å²) >= 11 is 6.00. The van der Waals surface area contributed by atoms with Crippen molar-refractivity contribution in [3.63, 3.8) is 0 Å². The molecule has 0 fully saturated rings. The van der Waals surface area contributed by atoms with Crippen molar-refractivity contribution < 1.29 is 4.39 Å². The Balaban J connectivity index is 2.18. The smallest absolute Gasteiger partial charge is 0.142 e. The summed E-state index contributed by atoms with van der Waals surface area (Å²) in [5.41, 5.74) is 0.784. The number of benzene rings is 1. The van der Waals surface area contributed by atoms with E-state index < -0.39 is 0 Å². The number of aromatic nitrogens is 2. The second-order valence-electron chi connectivity index (χ2n) is 4.40. The Bertz CT molecular complexity index is 513. The number of hydrogen-bond acceptors (Lipinski definition) is 2. The zero-order valence-electron chi connectivity index (χ0n) is 10.8. The van der Waals surface area contributed by atoms with Gasteiger partial charge in [0.15, 0.2) is 0 Å². The molecule has 2 N–H and O–H groups in total. The summed E-state index contributed by atoms with van der Waals surface area (Å²) in [6, 6.07) is 4.90. The SMILES string of the molecule is CCCNC(Cc1cccc(F)c1Cl)c1ncc[nH]1. The van der Waals surface area contributed by atoms with Crippen molar-refractivity contribution in [2.45, 2.75) is 25.8 Å². The average Bonchev–Trinajstić information content (AvgIpc) is 2.93. The van der Waals surface area contributed by atoms with E-state index in [0.717, 1.165) is 24.4 Å². The standard InChI is InChI=1S/C14H17ClFN3/c1-2-6-17-12(14-18-7-8-19-14)9-10-4-3-5-11(16)13(10)15/h3-5,7-8,12,17H,2,6,9H2,1H3,(H,18,19). The van der Waals surface area contributed by atoms with E-state index >= 15 is 0 Å². The molecule has 5 heteroatoms. The highest BCUT2D eigenvalue weighted by molar-refractivity contribution is 6.31. The lowest BCUT2D eigenvalue weighted by atomic mass is 10.0. The van der Waals surface area contributed by atoms with E-state index in [0.29, 0.717) is 6.42 Å². The third-order valence-corrected chi connectivity index (χ3v) is 3.37. The first-order chi connectivity index (χ1) is 9.22. The van der Waals surface area contributed by atoms with E-state index in [-0.39, 0.29) is 16.9 Å². The highest BCUT2D eigenvalue weighted by Gasteiger charge is 2.16. The molecule has 0 saturated heterocycles. The van der Waals surface area contributed by atoms with Crippen LogP contribution in [0.25, 0.3) is 0 Å². The topological polar surface area (TPSA) is 40.7 Å². The van der Waals surface area contributed by atoms with Gasteiger partial charge in [0.1, 0.15) is 11.6 Å². The first kappa shape index (κ1) is 14.0. The van der Waals surface area contributed by atoms with Gasteiger partial charge in [0.05, 0.1) is 11.1 Å². The van der Waals surface area contributed by atoms with Crippen molar-refractivity contribution in [3.05, 3.63) is 52.8 Å². The van der Waals surface area contributed by atoms with Crippen LogP contribution < -0.4 is 5.32 Å². The van der Waals surface area contributed by atoms with Gasteiger partial charge < -0.3 is 10.3 Å². The molecule has 0 radical (unpaired) electrons. The Hall–Kier alpha value is -1.39. The minimum Gasteiger partial charge on any atom is -0.347 e. The molecule has 1 heterocycles. The summed E-state index contributed by atoms with van der Waals surface area (Å²) in [7, 11) is 0. The molecule has 2 aromatic rings. The number of halogens is 2. The van der Waals surface area contributed by atoms with Crippen molar-refractivity contribution in [2.24, 2.45) is 0 Å². The molecule has 0 spiro atoms. The van der Waals surface area contributed by atoms with Crippen LogP contribution in [0.15, 0.2) is 30.6 Å². The molecule has 0 bridgehead atoms. The Morgan fingerprint density at radius 1 is 1.47 bits per heavy atom. The predicted octanol–water partition coefficient (Wildman–Crippen LogP) is 3.49. The van der Waals surface area contributed by atoms with E-state index in [4.69, 9.17) is 11.6 Å². The minimum absolute atomic E-state index is 0.00856. The van der Waals surface area contributed by atoms with Crippen LogP contribution in [0.5, 0.6) is 0 Å². The molecule has 102 valence electrons. The number of hydrogen-bond donors (Lipinski definition) is 2. The fourth-order valence-electron chi connectivity index (χ4n) is 1.98. The molecule has 0 aliphatic heterocycles. The summed E-state index contributed by atoms with van der Waals surface area (Å²) in [5, 5.41) is 3.58. The van der Waals surface area contributed by atoms with Gasteiger partial charge in [0.25, 0.3) is 0 Å². The van der Waals surface area contributed by atoms with Crippen molar-refractivity contribution in [1.82, 2.24) is 15.3 Å². The fourth-order valence-corrected chi connectivity index (χ4v) is 2.18. The molecular weight excluding hydrogens is 265 g/mol. The van der Waals surface area contributed by atoms with Gasteiger partial charge in [-0.15, -0.1) is 0 Å². The Labute approximate surface area is 117 Å². The average molecular weight is 282 g/mol. The number of nitrogens with one attached hydrogen (secondary N) is 2. The molecule has 1 atom stereocenters. The van der Waals surface area contributed by atoms with Crippen LogP contribution in [0.3, 0.4) is 0 Å². The van der Waals surface area contributed by atoms with Crippen LogP contribution >= 0.6 is 11.6 Å². The van der Waals surface area contributed by atoms with E-state index in [1.54, 1.807) is 18.5 Å². The molecule has 1 aromatic heterocycles. The summed E-state index contributed by atoms with van der Waals surface area (Å²) in [6.07, 6.45) is 5.12. The molecule has 0 aliphatic carbocycles. The number of rotatable bonds is 6. The first-order valence-corrected chi connectivity index (χ1v) is 6.75. The summed E-state index contributed by atoms with van der Waals surface area (Å²) in [4.78, 5) is 7.35. The van der Waals surface area contributed by atoms with Crippen LogP contribution in [0.2, 0.25) is 5.02 Å². The van der Waals surface area contributed by atoms with Crippen LogP contribution in [-0.4, -0.2) is 16.5 Å². The number of imidazole rings is 1. The third-order valence-electron chi connectivity index (χ3n) is 2.95. The largest absolute Gasteiger partial charge is 0.347 e. The highest BCUT2D eigenvalue weighted by Crippen LogP contribution is 2.24. The molecule has 1 aromatic carbocycles. The molecule has 2 rings (SSSR count). The van der Waals surface area contributed by atoms with Crippen LogP contribution in [-0.2, 0) is 6.42 Å². The Morgan fingerprint density at radius 2 is 2.32 bits per heavy atom. The second-order valence-corrected chi connectivity index (χ2v) is 4.78. The molecule has 0 amide bonds. The number of H-pyrrole nitrogens is 1. The van der Waals surface area contributed by atoms with E-state index in [2.05, 4.69) is 22.2 Å². The van der Waals surface area contributed by atoms with Gasteiger partial charge in [-0.1, -0.05) is 30.7 Å². The lowest BCUT2D eigenvalue weighted by molar-refractivity contribution is 0.507. The monoisotopic (exact) mass is 281 g/mol. The first-order valence-electron chi connectivity index (χ1n) is 6.38. The van der Waals surface area contributed by atoms with Gasteiger partial charge >= 0.3 is 0 Å². The van der Waals surface area contributed by atoms with E-state index in [1.165, 1.54) is 6.07 Å². The van der Waals surface area contributed by atoms with E-state index in [9.17, 15) is 4.39 Å². The maximum atomic E-state index is 13.4. The van der Waals surface area contributed by atoms with Gasteiger partial charge in [0, 0.05) is 12.4 Å². The van der Waals surface area contributed by atoms with Gasteiger partial charge in [-0.2, -0.15) is 0 Å². The minimum atomic E-state index is -0.382. The van der Waals surface area contributed by atoms with Crippen molar-refractivity contribution in [3.8, 4) is 0 Å². The summed E-state index contributed by atoms with van der Waals surface area (Å²) in [6.45, 7) is 2.97. The van der Waals surface area contributed by atoms with Gasteiger partial charge in [0.2, 0.25) is 0 Å². The second kappa shape index (κ2) is 6.68. The normalized spacial score (nSPS) is 12.6. The molecule has 3 nitrogen and oxygen atoms in total. The zero-order chi connectivity index (χ0) is 13.7. The predicted molar refractivity (Wildman–Crippen MR) is 74.7 cm³/mol. The molecular formula is C14H17ClFN3. The molecule has 19 heavy (non-hydrogen) atoms. The molecule has 0 aliphatic rings. The quantitative estimate of drug-likeness (QED) is 0.851. The highest BCUT2D eigenvalue weighted by atomic mass is 35.5. The lowest BCUT2D eigenvalue weighted by Gasteiger charge is -2.17. The van der Waals surface area contributed by atoms with Crippen molar-refractivity contribution in [1.29, 1.82) is 0 Å². The van der Waals surface area contributed by atoms with Crippen molar-refractivity contribution in [2.75, 3.05) is 6.54 Å². The Kier molecular flexibility index (Phi) is 4.93. The fraction of sp³-hybridized carbons (Fsp3) is 0.357. The van der Waals surface area contributed by atoms with Crippen molar-refractivity contribution >= 4 is 11.6 Å². The molecule has 0 saturated carbocycles. The summed E-state index contributed by atoms with van der Waals surface area (Å²) in [5.74, 6) is 0.460. The van der Waals surface area contributed by atoms with Crippen LogP contribution in [0.4, 0.5) is 4.39 Å². The third kappa shape index (κ3) is 3.55. The lowest BCUT2D eigenvalue weighted by Crippen LogP contribution is -2.25. The van der Waals surface area contributed by atoms with Gasteiger partial charge in [-0.3, -0.25) is 0 Å². The van der Waals surface area contributed by atoms with Crippen LogP contribution in [0, 0.1) is 5.82 Å². The van der Waals surface area contributed by atoms with E-state index in [1.807, 2.05) is 6.07 Å². The van der Waals surface area contributed by atoms with Gasteiger partial charge in [-0.25, -0.2) is 9.37 Å². The van der Waals surface area contributed by atoms with Gasteiger partial charge in [-0.05, 0) is 31.0 Å². The maximum absolute atomic E-state index is 13.4.